The predicted molar refractivity (Wildman–Crippen MR) is 174 cm³/mol. The fourth-order valence-electron chi connectivity index (χ4n) is 5.95. The Bertz CT molecular complexity index is 1480. The Morgan fingerprint density at radius 2 is 1.50 bits per heavy atom. The highest BCUT2D eigenvalue weighted by Gasteiger charge is 2.43. The van der Waals surface area contributed by atoms with Crippen LogP contribution in [0.15, 0.2) is 97.1 Å². The molecule has 5 rings (SSSR count). The molecule has 1 fully saturated rings. The molecule has 3 aromatic carbocycles. The highest BCUT2D eigenvalue weighted by molar-refractivity contribution is 7.11. The van der Waals surface area contributed by atoms with Crippen LogP contribution < -0.4 is 0 Å². The summed E-state index contributed by atoms with van der Waals surface area (Å²) >= 11 is 1.80. The van der Waals surface area contributed by atoms with E-state index < -0.39 is 17.4 Å². The Kier molecular flexibility index (Phi) is 11.0. The van der Waals surface area contributed by atoms with Crippen molar-refractivity contribution in [3.05, 3.63) is 129 Å². The lowest BCUT2D eigenvalue weighted by atomic mass is 9.66. The molecule has 4 aromatic rings. The van der Waals surface area contributed by atoms with Gasteiger partial charge >= 0.3 is 11.9 Å². The van der Waals surface area contributed by atoms with E-state index in [4.69, 9.17) is 4.74 Å². The Labute approximate surface area is 263 Å². The third kappa shape index (κ3) is 8.65. The van der Waals surface area contributed by atoms with Crippen LogP contribution in [0.25, 0.3) is 0 Å². The number of carboxylic acid groups (broad SMARTS) is 2. The van der Waals surface area contributed by atoms with Gasteiger partial charge in [0, 0.05) is 22.8 Å². The maximum atomic E-state index is 12.0. The highest BCUT2D eigenvalue weighted by Crippen LogP contribution is 2.45. The van der Waals surface area contributed by atoms with Gasteiger partial charge in [-0.05, 0) is 86.0 Å². The van der Waals surface area contributed by atoms with Crippen LogP contribution in [0.5, 0.6) is 0 Å². The Morgan fingerprint density at radius 1 is 0.818 bits per heavy atom. The van der Waals surface area contributed by atoms with Crippen molar-refractivity contribution in [2.24, 2.45) is 5.41 Å². The standard InChI is InChI=1S/C37H41NO5S/c39-35(40)31-16-13-29(14-17-31)25-38(24-8-23-37(36(41)42)21-7-22-37)26-34(30-11-5-2-6-12-30)43-27-33-20-19-32(44-33)18-15-28-9-3-1-4-10-28/h1-6,9-14,16-17,19-20,34H,7-8,15,18,21-27H2,(H,39,40)(H,41,42)/t34-/m1/s1. The summed E-state index contributed by atoms with van der Waals surface area (Å²) in [7, 11) is 0. The number of benzene rings is 3. The first-order chi connectivity index (χ1) is 21.4. The van der Waals surface area contributed by atoms with E-state index in [2.05, 4.69) is 53.4 Å². The lowest BCUT2D eigenvalue weighted by molar-refractivity contribution is -0.155. The first kappa shape index (κ1) is 31.6. The van der Waals surface area contributed by atoms with Crippen LogP contribution in [0.4, 0.5) is 0 Å². The van der Waals surface area contributed by atoms with E-state index in [0.717, 1.165) is 56.2 Å². The summed E-state index contributed by atoms with van der Waals surface area (Å²) in [4.78, 5) is 28.2. The Morgan fingerprint density at radius 3 is 2.14 bits per heavy atom. The second kappa shape index (κ2) is 15.3. The minimum atomic E-state index is -0.942. The molecule has 0 spiro atoms. The van der Waals surface area contributed by atoms with Gasteiger partial charge in [-0.1, -0.05) is 79.2 Å². The van der Waals surface area contributed by atoms with Crippen molar-refractivity contribution in [2.45, 2.75) is 64.2 Å². The number of carbonyl (C=O) groups is 2. The van der Waals surface area contributed by atoms with Crippen molar-refractivity contribution in [2.75, 3.05) is 13.1 Å². The first-order valence-electron chi connectivity index (χ1n) is 15.5. The number of hydrogen-bond acceptors (Lipinski definition) is 5. The summed E-state index contributed by atoms with van der Waals surface area (Å²) in [5, 5.41) is 19.2. The number of aryl methyl sites for hydroxylation is 2. The number of aromatic carboxylic acids is 1. The average Bonchev–Trinajstić information content (AvgIpc) is 3.48. The van der Waals surface area contributed by atoms with Crippen LogP contribution in [0.2, 0.25) is 0 Å². The van der Waals surface area contributed by atoms with Gasteiger partial charge in [0.1, 0.15) is 0 Å². The zero-order valence-corrected chi connectivity index (χ0v) is 25.9. The van der Waals surface area contributed by atoms with E-state index in [1.165, 1.54) is 15.3 Å². The van der Waals surface area contributed by atoms with Gasteiger partial charge < -0.3 is 14.9 Å². The zero-order chi connectivity index (χ0) is 30.8. The molecule has 0 aliphatic heterocycles. The van der Waals surface area contributed by atoms with Crippen molar-refractivity contribution in [1.29, 1.82) is 0 Å². The molecule has 1 atom stereocenters. The molecule has 1 aliphatic rings. The molecule has 6 nitrogen and oxygen atoms in total. The van der Waals surface area contributed by atoms with Crippen molar-refractivity contribution in [3.63, 3.8) is 0 Å². The van der Waals surface area contributed by atoms with Gasteiger partial charge in [0.25, 0.3) is 0 Å². The number of nitrogens with zero attached hydrogens (tertiary/aromatic N) is 1. The lowest BCUT2D eigenvalue weighted by Gasteiger charge is -2.38. The van der Waals surface area contributed by atoms with Crippen LogP contribution in [-0.4, -0.2) is 40.1 Å². The summed E-state index contributed by atoms with van der Waals surface area (Å²) in [6.45, 7) is 2.50. The molecular weight excluding hydrogens is 570 g/mol. The molecule has 0 saturated heterocycles. The third-order valence-electron chi connectivity index (χ3n) is 8.74. The summed E-state index contributed by atoms with van der Waals surface area (Å²) < 4.78 is 6.62. The fraction of sp³-hybridized carbons (Fsp3) is 0.351. The van der Waals surface area contributed by atoms with Crippen LogP contribution in [0.1, 0.15) is 75.0 Å². The van der Waals surface area contributed by atoms with E-state index in [9.17, 15) is 19.8 Å². The zero-order valence-electron chi connectivity index (χ0n) is 25.1. The van der Waals surface area contributed by atoms with Gasteiger partial charge in [0.05, 0.1) is 23.7 Å². The normalized spacial score (nSPS) is 14.7. The summed E-state index contributed by atoms with van der Waals surface area (Å²) in [6, 6.07) is 32.2. The smallest absolute Gasteiger partial charge is 0.335 e. The molecule has 230 valence electrons. The molecule has 0 unspecified atom stereocenters. The van der Waals surface area contributed by atoms with Gasteiger partial charge in [-0.2, -0.15) is 0 Å². The van der Waals surface area contributed by atoms with Crippen LogP contribution in [0, 0.1) is 5.41 Å². The maximum Gasteiger partial charge on any atom is 0.335 e. The van der Waals surface area contributed by atoms with Crippen molar-refractivity contribution in [3.8, 4) is 0 Å². The summed E-state index contributed by atoms with van der Waals surface area (Å²) in [6.07, 6.45) is 5.76. The van der Waals surface area contributed by atoms with Crippen LogP contribution in [0.3, 0.4) is 0 Å². The second-order valence-corrected chi connectivity index (χ2v) is 13.1. The number of rotatable bonds is 17. The maximum absolute atomic E-state index is 12.0. The van der Waals surface area contributed by atoms with E-state index in [-0.39, 0.29) is 11.7 Å². The van der Waals surface area contributed by atoms with Gasteiger partial charge in [0.15, 0.2) is 0 Å². The molecule has 44 heavy (non-hydrogen) atoms. The molecule has 0 radical (unpaired) electrons. The quantitative estimate of drug-likeness (QED) is 0.126. The van der Waals surface area contributed by atoms with Crippen LogP contribution in [-0.2, 0) is 35.5 Å². The Balaban J connectivity index is 1.27. The number of hydrogen-bond donors (Lipinski definition) is 2. The van der Waals surface area contributed by atoms with Crippen molar-refractivity contribution in [1.82, 2.24) is 4.90 Å². The first-order valence-corrected chi connectivity index (χ1v) is 16.3. The van der Waals surface area contributed by atoms with Crippen LogP contribution >= 0.6 is 11.3 Å². The van der Waals surface area contributed by atoms with E-state index in [0.29, 0.717) is 26.1 Å². The molecule has 1 heterocycles. The predicted octanol–water partition coefficient (Wildman–Crippen LogP) is 8.03. The topological polar surface area (TPSA) is 87.1 Å². The summed E-state index contributed by atoms with van der Waals surface area (Å²) in [5.41, 5.74) is 3.13. The molecule has 1 saturated carbocycles. The number of aliphatic carboxylic acids is 1. The van der Waals surface area contributed by atoms with E-state index in [1.807, 2.05) is 36.4 Å². The monoisotopic (exact) mass is 611 g/mol. The minimum Gasteiger partial charge on any atom is -0.481 e. The average molecular weight is 612 g/mol. The lowest BCUT2D eigenvalue weighted by Crippen LogP contribution is -2.39. The fourth-order valence-corrected chi connectivity index (χ4v) is 6.89. The molecule has 1 aromatic heterocycles. The molecule has 1 aliphatic carbocycles. The van der Waals surface area contributed by atoms with Gasteiger partial charge in [-0.15, -0.1) is 11.3 Å². The SMILES string of the molecule is O=C(O)c1ccc(CN(CCCC2(C(=O)O)CCC2)C[C@@H](OCc2ccc(CCc3ccccc3)s2)c2ccccc2)cc1. The van der Waals surface area contributed by atoms with Crippen molar-refractivity contribution < 1.29 is 24.5 Å². The number of thiophene rings is 1. The minimum absolute atomic E-state index is 0.179. The molecule has 7 heteroatoms. The molecule has 0 bridgehead atoms. The van der Waals surface area contributed by atoms with E-state index >= 15 is 0 Å². The largest absolute Gasteiger partial charge is 0.481 e. The number of carboxylic acids is 2. The van der Waals surface area contributed by atoms with Gasteiger partial charge in [0.2, 0.25) is 0 Å². The van der Waals surface area contributed by atoms with E-state index in [1.54, 1.807) is 23.5 Å². The second-order valence-electron chi connectivity index (χ2n) is 11.8. The van der Waals surface area contributed by atoms with Gasteiger partial charge in [-0.3, -0.25) is 9.69 Å². The summed E-state index contributed by atoms with van der Waals surface area (Å²) in [5.74, 6) is -1.62. The van der Waals surface area contributed by atoms with Gasteiger partial charge in [-0.25, -0.2) is 4.79 Å². The highest BCUT2D eigenvalue weighted by atomic mass is 32.1. The molecule has 2 N–H and O–H groups in total. The van der Waals surface area contributed by atoms with Crippen molar-refractivity contribution >= 4 is 23.3 Å². The third-order valence-corrected chi connectivity index (χ3v) is 9.86. The number of ether oxygens (including phenoxy) is 1. The molecule has 0 amide bonds. The molecular formula is C37H41NO5S. The Hall–Kier alpha value is -3.78.